The van der Waals surface area contributed by atoms with Gasteiger partial charge in [-0.3, -0.25) is 10.1 Å². The number of carbonyl (C=O) groups is 3. The molecule has 4 N–H and O–H groups in total. The van der Waals surface area contributed by atoms with Crippen LogP contribution in [0.15, 0.2) is 0 Å². The molecule has 8 nitrogen and oxygen atoms in total. The van der Waals surface area contributed by atoms with Crippen molar-refractivity contribution in [3.8, 4) is 0 Å². The van der Waals surface area contributed by atoms with Crippen LogP contribution in [0.5, 0.6) is 0 Å². The van der Waals surface area contributed by atoms with E-state index in [0.29, 0.717) is 0 Å². The van der Waals surface area contributed by atoms with Crippen molar-refractivity contribution in [3.63, 3.8) is 0 Å². The van der Waals surface area contributed by atoms with Gasteiger partial charge in [-0.25, -0.2) is 14.5 Å². The summed E-state index contributed by atoms with van der Waals surface area (Å²) in [5.74, 6) is 0. The summed E-state index contributed by atoms with van der Waals surface area (Å²) in [6.07, 6.45) is -0.669. The summed E-state index contributed by atoms with van der Waals surface area (Å²) < 4.78 is 0. The molecule has 0 aliphatic heterocycles. The molecule has 0 aromatic rings. The van der Waals surface area contributed by atoms with Gasteiger partial charge in [-0.2, -0.15) is 0 Å². The molecule has 0 aromatic heterocycles. The van der Waals surface area contributed by atoms with Crippen LogP contribution in [0.3, 0.4) is 0 Å². The molecule has 0 radical (unpaired) electrons. The standard InChI is InChI=1S/C8H16N4O4/c1-11(4-6(14)3-9)8(16)12(2)7(15)10-5-13/h5-6,14H,3-4,9H2,1-2H3,(H,10,13,15). The number of rotatable bonds is 4. The van der Waals surface area contributed by atoms with Crippen molar-refractivity contribution in [3.05, 3.63) is 0 Å². The van der Waals surface area contributed by atoms with Crippen LogP contribution < -0.4 is 11.1 Å². The maximum Gasteiger partial charge on any atom is 0.331 e. The Labute approximate surface area is 93.0 Å². The zero-order valence-corrected chi connectivity index (χ0v) is 9.21. The molecular formula is C8H16N4O4. The Hall–Kier alpha value is -1.67. The van der Waals surface area contributed by atoms with Gasteiger partial charge in [-0.05, 0) is 0 Å². The van der Waals surface area contributed by atoms with Crippen molar-refractivity contribution in [2.45, 2.75) is 6.10 Å². The second kappa shape index (κ2) is 6.75. The van der Waals surface area contributed by atoms with Gasteiger partial charge in [-0.15, -0.1) is 0 Å². The van der Waals surface area contributed by atoms with Crippen molar-refractivity contribution >= 4 is 18.5 Å². The molecule has 0 saturated heterocycles. The minimum absolute atomic E-state index is 0.00798. The van der Waals surface area contributed by atoms with Crippen LogP contribution >= 0.6 is 0 Å². The topological polar surface area (TPSA) is 116 Å². The highest BCUT2D eigenvalue weighted by molar-refractivity contribution is 5.96. The number of hydrogen-bond donors (Lipinski definition) is 3. The minimum atomic E-state index is -0.850. The largest absolute Gasteiger partial charge is 0.390 e. The maximum atomic E-state index is 11.5. The van der Waals surface area contributed by atoms with E-state index in [2.05, 4.69) is 0 Å². The van der Waals surface area contributed by atoms with Crippen molar-refractivity contribution in [2.75, 3.05) is 27.2 Å². The fourth-order valence-corrected chi connectivity index (χ4v) is 0.959. The number of nitrogens with zero attached hydrogens (tertiary/aromatic N) is 2. The number of urea groups is 2. The van der Waals surface area contributed by atoms with Crippen molar-refractivity contribution < 1.29 is 19.5 Å². The number of aliphatic hydroxyl groups is 1. The van der Waals surface area contributed by atoms with Crippen LogP contribution in [0.4, 0.5) is 9.59 Å². The normalized spacial score (nSPS) is 11.5. The molecule has 0 bridgehead atoms. The number of nitrogens with two attached hydrogens (primary N) is 1. The van der Waals surface area contributed by atoms with Crippen LogP contribution in [0.25, 0.3) is 0 Å². The van der Waals surface area contributed by atoms with E-state index in [1.54, 1.807) is 0 Å². The summed E-state index contributed by atoms with van der Waals surface area (Å²) in [5, 5.41) is 11.0. The molecule has 92 valence electrons. The van der Waals surface area contributed by atoms with E-state index < -0.39 is 18.2 Å². The summed E-state index contributed by atoms with van der Waals surface area (Å²) in [4.78, 5) is 34.5. The first-order valence-electron chi connectivity index (χ1n) is 4.55. The van der Waals surface area contributed by atoms with Crippen LogP contribution in [-0.4, -0.2) is 66.7 Å². The lowest BCUT2D eigenvalue weighted by atomic mass is 10.3. The molecule has 0 rings (SSSR count). The molecule has 1 unspecified atom stereocenters. The lowest BCUT2D eigenvalue weighted by Crippen LogP contribution is -2.48. The molecule has 16 heavy (non-hydrogen) atoms. The molecule has 0 saturated carbocycles. The summed E-state index contributed by atoms with van der Waals surface area (Å²) in [7, 11) is 2.62. The van der Waals surface area contributed by atoms with E-state index in [1.165, 1.54) is 14.1 Å². The second-order valence-electron chi connectivity index (χ2n) is 3.18. The highest BCUT2D eigenvalue weighted by atomic mass is 16.3. The maximum absolute atomic E-state index is 11.5. The monoisotopic (exact) mass is 232 g/mol. The van der Waals surface area contributed by atoms with E-state index in [9.17, 15) is 19.5 Å². The van der Waals surface area contributed by atoms with Gasteiger partial charge in [0.15, 0.2) is 0 Å². The van der Waals surface area contributed by atoms with Gasteiger partial charge < -0.3 is 15.7 Å². The SMILES string of the molecule is CN(CC(O)CN)C(=O)N(C)C(=O)NC=O. The number of imide groups is 2. The number of likely N-dealkylation sites (N-methyl/N-ethyl adjacent to an activating group) is 1. The van der Waals surface area contributed by atoms with Gasteiger partial charge in [-0.1, -0.05) is 0 Å². The third kappa shape index (κ3) is 4.24. The van der Waals surface area contributed by atoms with Gasteiger partial charge in [0, 0.05) is 27.2 Å². The highest BCUT2D eigenvalue weighted by Crippen LogP contribution is 1.96. The average molecular weight is 232 g/mol. The lowest BCUT2D eigenvalue weighted by molar-refractivity contribution is -0.108. The Bertz CT molecular complexity index is 271. The molecule has 5 amide bonds. The van der Waals surface area contributed by atoms with E-state index in [1.807, 2.05) is 5.32 Å². The van der Waals surface area contributed by atoms with E-state index in [0.717, 1.165) is 9.80 Å². The van der Waals surface area contributed by atoms with Gasteiger partial charge in [0.1, 0.15) is 0 Å². The summed E-state index contributed by atoms with van der Waals surface area (Å²) >= 11 is 0. The Morgan fingerprint density at radius 3 is 2.50 bits per heavy atom. The molecule has 8 heteroatoms. The Balaban J connectivity index is 4.31. The van der Waals surface area contributed by atoms with Crippen LogP contribution in [-0.2, 0) is 4.79 Å². The molecule has 0 aliphatic carbocycles. The third-order valence-electron chi connectivity index (χ3n) is 1.86. The second-order valence-corrected chi connectivity index (χ2v) is 3.18. The fraction of sp³-hybridized carbons (Fsp3) is 0.625. The zero-order valence-electron chi connectivity index (χ0n) is 9.21. The number of nitrogens with one attached hydrogen (secondary N) is 1. The predicted octanol–water partition coefficient (Wildman–Crippen LogP) is -1.84. The minimum Gasteiger partial charge on any atom is -0.390 e. The molecule has 0 heterocycles. The Morgan fingerprint density at radius 2 is 2.06 bits per heavy atom. The van der Waals surface area contributed by atoms with Crippen molar-refractivity contribution in [1.82, 2.24) is 15.1 Å². The summed E-state index contributed by atoms with van der Waals surface area (Å²) in [6.45, 7) is 0.0237. The number of aliphatic hydroxyl groups excluding tert-OH is 1. The van der Waals surface area contributed by atoms with Gasteiger partial charge in [0.05, 0.1) is 6.10 Å². The number of hydrogen-bond acceptors (Lipinski definition) is 5. The predicted molar refractivity (Wildman–Crippen MR) is 55.4 cm³/mol. The molecule has 1 atom stereocenters. The van der Waals surface area contributed by atoms with E-state index in [4.69, 9.17) is 5.73 Å². The van der Waals surface area contributed by atoms with E-state index in [-0.39, 0.29) is 19.5 Å². The number of carbonyl (C=O) groups excluding carboxylic acids is 3. The van der Waals surface area contributed by atoms with Gasteiger partial charge >= 0.3 is 12.1 Å². The molecule has 0 aliphatic rings. The highest BCUT2D eigenvalue weighted by Gasteiger charge is 2.21. The Kier molecular flexibility index (Phi) is 6.04. The van der Waals surface area contributed by atoms with E-state index >= 15 is 0 Å². The zero-order chi connectivity index (χ0) is 12.7. The van der Waals surface area contributed by atoms with Crippen LogP contribution in [0.2, 0.25) is 0 Å². The smallest absolute Gasteiger partial charge is 0.331 e. The first-order chi connectivity index (χ1) is 7.43. The van der Waals surface area contributed by atoms with Gasteiger partial charge in [0.2, 0.25) is 6.41 Å². The van der Waals surface area contributed by atoms with Crippen LogP contribution in [0, 0.1) is 0 Å². The Morgan fingerprint density at radius 1 is 1.50 bits per heavy atom. The molecule has 0 fully saturated rings. The lowest BCUT2D eigenvalue weighted by Gasteiger charge is -2.24. The molecule has 0 aromatic carbocycles. The quantitative estimate of drug-likeness (QED) is 0.492. The van der Waals surface area contributed by atoms with Crippen molar-refractivity contribution in [2.24, 2.45) is 5.73 Å². The average Bonchev–Trinajstić information content (AvgIpc) is 2.26. The van der Waals surface area contributed by atoms with Crippen molar-refractivity contribution in [1.29, 1.82) is 0 Å². The molecular weight excluding hydrogens is 216 g/mol. The summed E-state index contributed by atoms with van der Waals surface area (Å²) in [6, 6.07) is -1.49. The fourth-order valence-electron chi connectivity index (χ4n) is 0.959. The third-order valence-corrected chi connectivity index (χ3v) is 1.86. The first-order valence-corrected chi connectivity index (χ1v) is 4.55. The van der Waals surface area contributed by atoms with Crippen LogP contribution in [0.1, 0.15) is 0 Å². The molecule has 0 spiro atoms. The first kappa shape index (κ1) is 14.3. The van der Waals surface area contributed by atoms with Gasteiger partial charge in [0.25, 0.3) is 0 Å². The number of amides is 5. The summed E-state index contributed by atoms with van der Waals surface area (Å²) in [5.41, 5.74) is 5.18.